The Morgan fingerprint density at radius 1 is 1.36 bits per heavy atom. The van der Waals surface area contributed by atoms with Crippen LogP contribution < -0.4 is 5.32 Å². The van der Waals surface area contributed by atoms with Crippen molar-refractivity contribution in [1.29, 1.82) is 0 Å². The number of nitrogens with zero attached hydrogens (tertiary/aromatic N) is 1. The lowest BCUT2D eigenvalue weighted by molar-refractivity contribution is -0.116. The predicted octanol–water partition coefficient (Wildman–Crippen LogP) is 0.774. The molecule has 1 heterocycles. The van der Waals surface area contributed by atoms with E-state index in [2.05, 4.69) is 17.1 Å². The minimum atomic E-state index is 0.303. The highest BCUT2D eigenvalue weighted by Gasteiger charge is 2.21. The van der Waals surface area contributed by atoms with Gasteiger partial charge in [0.05, 0.1) is 0 Å². The summed E-state index contributed by atoms with van der Waals surface area (Å²) < 4.78 is 0. The number of piperazine rings is 1. The van der Waals surface area contributed by atoms with Gasteiger partial charge in [0, 0.05) is 44.4 Å². The highest BCUT2D eigenvalue weighted by Crippen LogP contribution is 2.24. The summed E-state index contributed by atoms with van der Waals surface area (Å²) in [6.45, 7) is 6.34. The Bertz CT molecular complexity index is 254. The summed E-state index contributed by atoms with van der Waals surface area (Å²) in [5.74, 6) is 0.828. The van der Waals surface area contributed by atoms with Gasteiger partial charge in [0.1, 0.15) is 0 Å². The van der Waals surface area contributed by atoms with Gasteiger partial charge in [-0.2, -0.15) is 0 Å². The fraction of sp³-hybridized carbons (Fsp3) is 0.727. The van der Waals surface area contributed by atoms with Crippen molar-refractivity contribution >= 4 is 5.78 Å². The molecule has 0 aromatic rings. The van der Waals surface area contributed by atoms with Crippen LogP contribution in [0.3, 0.4) is 0 Å². The van der Waals surface area contributed by atoms with Crippen LogP contribution >= 0.6 is 0 Å². The minimum Gasteiger partial charge on any atom is -0.372 e. The lowest BCUT2D eigenvalue weighted by Gasteiger charge is -2.34. The van der Waals surface area contributed by atoms with Crippen molar-refractivity contribution in [2.75, 3.05) is 26.2 Å². The molecule has 1 saturated heterocycles. The van der Waals surface area contributed by atoms with Crippen LogP contribution in [0.2, 0.25) is 0 Å². The zero-order chi connectivity index (χ0) is 9.97. The lowest BCUT2D eigenvalue weighted by atomic mass is 9.92. The van der Waals surface area contributed by atoms with Gasteiger partial charge < -0.3 is 10.2 Å². The van der Waals surface area contributed by atoms with Crippen molar-refractivity contribution in [1.82, 2.24) is 10.2 Å². The number of hydrogen-bond acceptors (Lipinski definition) is 3. The van der Waals surface area contributed by atoms with Gasteiger partial charge in [-0.1, -0.05) is 6.92 Å². The van der Waals surface area contributed by atoms with Crippen molar-refractivity contribution in [3.05, 3.63) is 11.8 Å². The average Bonchev–Trinajstić information content (AvgIpc) is 2.18. The summed E-state index contributed by atoms with van der Waals surface area (Å²) in [5, 5.41) is 3.32. The molecule has 2 rings (SSSR count). The quantitative estimate of drug-likeness (QED) is 0.669. The smallest absolute Gasteiger partial charge is 0.157 e. The molecule has 2 aliphatic rings. The number of nitrogens with one attached hydrogen (secondary N) is 1. The van der Waals surface area contributed by atoms with Crippen molar-refractivity contribution in [3.63, 3.8) is 0 Å². The van der Waals surface area contributed by atoms with Crippen LogP contribution in [0, 0.1) is 5.92 Å². The monoisotopic (exact) mass is 194 g/mol. The third-order valence-electron chi connectivity index (χ3n) is 2.96. The van der Waals surface area contributed by atoms with Gasteiger partial charge >= 0.3 is 0 Å². The van der Waals surface area contributed by atoms with E-state index in [9.17, 15) is 4.79 Å². The molecular weight excluding hydrogens is 176 g/mol. The molecule has 0 aromatic carbocycles. The zero-order valence-corrected chi connectivity index (χ0v) is 8.75. The second-order valence-electron chi connectivity index (χ2n) is 4.35. The van der Waals surface area contributed by atoms with Crippen molar-refractivity contribution in [2.45, 2.75) is 19.8 Å². The van der Waals surface area contributed by atoms with E-state index in [0.29, 0.717) is 11.7 Å². The van der Waals surface area contributed by atoms with E-state index in [1.54, 1.807) is 0 Å². The molecule has 1 aliphatic carbocycles. The third kappa shape index (κ3) is 2.15. The molecule has 0 aromatic heterocycles. The number of carbonyl (C=O) groups is 1. The predicted molar refractivity (Wildman–Crippen MR) is 55.9 cm³/mol. The first kappa shape index (κ1) is 9.71. The first-order valence-corrected chi connectivity index (χ1v) is 5.45. The Hall–Kier alpha value is -0.830. The summed E-state index contributed by atoms with van der Waals surface area (Å²) in [6, 6.07) is 0. The normalized spacial score (nSPS) is 28.9. The summed E-state index contributed by atoms with van der Waals surface area (Å²) in [6.07, 6.45) is 3.66. The lowest BCUT2D eigenvalue weighted by Crippen LogP contribution is -2.43. The molecule has 14 heavy (non-hydrogen) atoms. The Morgan fingerprint density at radius 2 is 2.07 bits per heavy atom. The molecule has 1 N–H and O–H groups in total. The summed E-state index contributed by atoms with van der Waals surface area (Å²) in [4.78, 5) is 13.8. The number of hydrogen-bond donors (Lipinski definition) is 1. The molecular formula is C11H18N2O. The summed E-state index contributed by atoms with van der Waals surface area (Å²) in [5.41, 5.74) is 1.26. The fourth-order valence-electron chi connectivity index (χ4n) is 2.25. The average molecular weight is 194 g/mol. The molecule has 0 bridgehead atoms. The molecule has 0 spiro atoms. The van der Waals surface area contributed by atoms with Crippen molar-refractivity contribution in [3.8, 4) is 0 Å². The minimum absolute atomic E-state index is 0.303. The Labute approximate surface area is 85.2 Å². The number of ketones is 1. The second kappa shape index (κ2) is 4.13. The second-order valence-corrected chi connectivity index (χ2v) is 4.35. The van der Waals surface area contributed by atoms with E-state index in [1.807, 2.05) is 6.08 Å². The zero-order valence-electron chi connectivity index (χ0n) is 8.75. The summed E-state index contributed by atoms with van der Waals surface area (Å²) >= 11 is 0. The Morgan fingerprint density at radius 3 is 2.71 bits per heavy atom. The van der Waals surface area contributed by atoms with Gasteiger partial charge in [-0.05, 0) is 12.3 Å². The maximum atomic E-state index is 11.4. The molecule has 78 valence electrons. The number of carbonyl (C=O) groups excluding carboxylic acids is 1. The van der Waals surface area contributed by atoms with Crippen LogP contribution in [0.25, 0.3) is 0 Å². The van der Waals surface area contributed by atoms with Crippen LogP contribution in [0.4, 0.5) is 0 Å². The SMILES string of the molecule is CC1CC(=O)C=C(N2CCNCC2)C1. The van der Waals surface area contributed by atoms with Crippen LogP contribution in [0.5, 0.6) is 0 Å². The highest BCUT2D eigenvalue weighted by atomic mass is 16.1. The number of rotatable bonds is 1. The highest BCUT2D eigenvalue weighted by molar-refractivity contribution is 5.91. The topological polar surface area (TPSA) is 32.3 Å². The first-order chi connectivity index (χ1) is 6.75. The Balaban J connectivity index is 2.04. The van der Waals surface area contributed by atoms with E-state index >= 15 is 0 Å². The van der Waals surface area contributed by atoms with Gasteiger partial charge in [0.25, 0.3) is 0 Å². The molecule has 3 nitrogen and oxygen atoms in total. The maximum Gasteiger partial charge on any atom is 0.157 e. The molecule has 3 heteroatoms. The third-order valence-corrected chi connectivity index (χ3v) is 2.96. The van der Waals surface area contributed by atoms with Gasteiger partial charge in [-0.3, -0.25) is 4.79 Å². The van der Waals surface area contributed by atoms with E-state index in [4.69, 9.17) is 0 Å². The molecule has 0 saturated carbocycles. The van der Waals surface area contributed by atoms with Crippen LogP contribution in [-0.2, 0) is 4.79 Å². The molecule has 0 radical (unpaired) electrons. The largest absolute Gasteiger partial charge is 0.372 e. The van der Waals surface area contributed by atoms with E-state index in [1.165, 1.54) is 5.70 Å². The van der Waals surface area contributed by atoms with Gasteiger partial charge in [0.15, 0.2) is 5.78 Å². The van der Waals surface area contributed by atoms with E-state index < -0.39 is 0 Å². The van der Waals surface area contributed by atoms with E-state index in [0.717, 1.165) is 39.0 Å². The fourth-order valence-corrected chi connectivity index (χ4v) is 2.25. The van der Waals surface area contributed by atoms with Crippen LogP contribution in [0.1, 0.15) is 19.8 Å². The van der Waals surface area contributed by atoms with Crippen LogP contribution in [0.15, 0.2) is 11.8 Å². The number of allylic oxidation sites excluding steroid dienone is 2. The van der Waals surface area contributed by atoms with Gasteiger partial charge in [-0.25, -0.2) is 0 Å². The molecule has 1 unspecified atom stereocenters. The van der Waals surface area contributed by atoms with Gasteiger partial charge in [-0.15, -0.1) is 0 Å². The molecule has 1 aliphatic heterocycles. The summed E-state index contributed by atoms with van der Waals surface area (Å²) in [7, 11) is 0. The van der Waals surface area contributed by atoms with Crippen molar-refractivity contribution < 1.29 is 4.79 Å². The molecule has 1 atom stereocenters. The maximum absolute atomic E-state index is 11.4. The molecule has 1 fully saturated rings. The van der Waals surface area contributed by atoms with Crippen LogP contribution in [-0.4, -0.2) is 36.9 Å². The van der Waals surface area contributed by atoms with E-state index in [-0.39, 0.29) is 0 Å². The first-order valence-electron chi connectivity index (χ1n) is 5.45. The molecule has 0 amide bonds. The van der Waals surface area contributed by atoms with Gasteiger partial charge in [0.2, 0.25) is 0 Å². The Kier molecular flexibility index (Phi) is 2.87. The standard InChI is InChI=1S/C11H18N2O/c1-9-6-10(8-11(14)7-9)13-4-2-12-3-5-13/h8-9,12H,2-7H2,1H3. The van der Waals surface area contributed by atoms with Crippen molar-refractivity contribution in [2.24, 2.45) is 5.92 Å².